The quantitative estimate of drug-likeness (QED) is 0.858. The second-order valence-electron chi connectivity index (χ2n) is 4.67. The number of nitrogens with zero attached hydrogens (tertiary/aromatic N) is 2. The predicted octanol–water partition coefficient (Wildman–Crippen LogP) is 2.39. The van der Waals surface area contributed by atoms with Gasteiger partial charge in [-0.1, -0.05) is 13.3 Å². The molecule has 0 bridgehead atoms. The van der Waals surface area contributed by atoms with E-state index in [4.69, 9.17) is 5.73 Å². The molecule has 2 N–H and O–H groups in total. The first kappa shape index (κ1) is 11.9. The molecule has 90 valence electrons. The lowest BCUT2D eigenvalue weighted by molar-refractivity contribution is 0.323. The Morgan fingerprint density at radius 2 is 2.50 bits per heavy atom. The maximum atomic E-state index is 5.62. The molecule has 1 fully saturated rings. The van der Waals surface area contributed by atoms with Crippen molar-refractivity contribution in [3.05, 3.63) is 11.1 Å². The van der Waals surface area contributed by atoms with Gasteiger partial charge in [0.05, 0.1) is 5.69 Å². The number of hydrogen-bond acceptors (Lipinski definition) is 4. The predicted molar refractivity (Wildman–Crippen MR) is 69.7 cm³/mol. The van der Waals surface area contributed by atoms with Crippen LogP contribution in [0.1, 0.15) is 31.9 Å². The van der Waals surface area contributed by atoms with Gasteiger partial charge in [0.1, 0.15) is 0 Å². The van der Waals surface area contributed by atoms with Crippen LogP contribution in [0.25, 0.3) is 0 Å². The molecule has 2 heterocycles. The fourth-order valence-electron chi connectivity index (χ4n) is 2.47. The van der Waals surface area contributed by atoms with Gasteiger partial charge in [0, 0.05) is 24.9 Å². The number of nitrogens with two attached hydrogens (primary N) is 1. The van der Waals surface area contributed by atoms with Gasteiger partial charge in [-0.2, -0.15) is 0 Å². The van der Waals surface area contributed by atoms with E-state index >= 15 is 0 Å². The molecule has 0 radical (unpaired) electrons. The summed E-state index contributed by atoms with van der Waals surface area (Å²) in [6.07, 6.45) is 5.14. The third-order valence-corrected chi connectivity index (χ3v) is 4.04. The summed E-state index contributed by atoms with van der Waals surface area (Å²) in [6, 6.07) is 0. The first-order valence-electron chi connectivity index (χ1n) is 6.20. The Labute approximate surface area is 102 Å². The van der Waals surface area contributed by atoms with Crippen molar-refractivity contribution in [1.82, 2.24) is 9.88 Å². The maximum absolute atomic E-state index is 5.62. The van der Waals surface area contributed by atoms with E-state index in [2.05, 4.69) is 22.2 Å². The molecule has 1 aliphatic rings. The van der Waals surface area contributed by atoms with Gasteiger partial charge in [-0.3, -0.25) is 0 Å². The van der Waals surface area contributed by atoms with Gasteiger partial charge in [-0.25, -0.2) is 4.98 Å². The van der Waals surface area contributed by atoms with E-state index in [-0.39, 0.29) is 0 Å². The van der Waals surface area contributed by atoms with Crippen molar-refractivity contribution in [3.8, 4) is 0 Å². The van der Waals surface area contributed by atoms with Crippen LogP contribution in [0, 0.1) is 5.92 Å². The largest absolute Gasteiger partial charge is 0.375 e. The Balaban J connectivity index is 1.71. The summed E-state index contributed by atoms with van der Waals surface area (Å²) in [5, 5.41) is 2.77. The minimum atomic E-state index is 0.695. The summed E-state index contributed by atoms with van der Waals surface area (Å²) < 4.78 is 0. The van der Waals surface area contributed by atoms with Crippen LogP contribution in [-0.2, 0) is 6.42 Å². The van der Waals surface area contributed by atoms with Gasteiger partial charge in [-0.15, -0.1) is 11.3 Å². The van der Waals surface area contributed by atoms with Crippen molar-refractivity contribution in [2.45, 2.75) is 32.6 Å². The first-order valence-corrected chi connectivity index (χ1v) is 7.08. The molecule has 0 aliphatic carbocycles. The van der Waals surface area contributed by atoms with E-state index in [1.165, 1.54) is 32.4 Å². The highest BCUT2D eigenvalue weighted by molar-refractivity contribution is 7.13. The molecular weight excluding hydrogens is 218 g/mol. The van der Waals surface area contributed by atoms with E-state index in [1.54, 1.807) is 11.3 Å². The molecule has 0 spiro atoms. The lowest BCUT2D eigenvalue weighted by Gasteiger charge is -2.14. The summed E-state index contributed by atoms with van der Waals surface area (Å²) in [6.45, 7) is 5.97. The van der Waals surface area contributed by atoms with Gasteiger partial charge >= 0.3 is 0 Å². The lowest BCUT2D eigenvalue weighted by Crippen LogP contribution is -2.23. The molecule has 1 aromatic rings. The lowest BCUT2D eigenvalue weighted by atomic mass is 10.0. The molecule has 1 atom stereocenters. The fourth-order valence-corrected chi connectivity index (χ4v) is 3.07. The molecular formula is C12H21N3S. The van der Waals surface area contributed by atoms with E-state index in [9.17, 15) is 0 Å². The van der Waals surface area contributed by atoms with Crippen LogP contribution in [0.2, 0.25) is 0 Å². The minimum Gasteiger partial charge on any atom is -0.375 e. The van der Waals surface area contributed by atoms with Crippen LogP contribution in [0.3, 0.4) is 0 Å². The monoisotopic (exact) mass is 239 g/mol. The molecule has 0 aromatic carbocycles. The average Bonchev–Trinajstić information content (AvgIpc) is 2.85. The van der Waals surface area contributed by atoms with E-state index in [0.717, 1.165) is 24.6 Å². The summed E-state index contributed by atoms with van der Waals surface area (Å²) in [5.41, 5.74) is 6.77. The Morgan fingerprint density at radius 1 is 1.62 bits per heavy atom. The fraction of sp³-hybridized carbons (Fsp3) is 0.750. The third kappa shape index (κ3) is 3.19. The summed E-state index contributed by atoms with van der Waals surface area (Å²) in [7, 11) is 0. The summed E-state index contributed by atoms with van der Waals surface area (Å²) >= 11 is 1.54. The normalized spacial score (nSPS) is 21.7. The standard InChI is InChI=1S/C12H21N3S/c1-2-3-10-4-6-15(8-10)7-5-11-9-16-12(13)14-11/h9-10H,2-8H2,1H3,(H2,13,14). The van der Waals surface area contributed by atoms with Crippen molar-refractivity contribution in [2.75, 3.05) is 25.4 Å². The molecule has 4 heteroatoms. The minimum absolute atomic E-state index is 0.695. The molecule has 0 saturated carbocycles. The average molecular weight is 239 g/mol. The van der Waals surface area contributed by atoms with Crippen molar-refractivity contribution >= 4 is 16.5 Å². The number of thiazole rings is 1. The van der Waals surface area contributed by atoms with Crippen molar-refractivity contribution in [2.24, 2.45) is 5.92 Å². The zero-order valence-electron chi connectivity index (χ0n) is 9.98. The molecule has 16 heavy (non-hydrogen) atoms. The molecule has 1 aliphatic heterocycles. The highest BCUT2D eigenvalue weighted by Gasteiger charge is 2.21. The van der Waals surface area contributed by atoms with Crippen molar-refractivity contribution in [1.29, 1.82) is 0 Å². The van der Waals surface area contributed by atoms with Gasteiger partial charge in [0.2, 0.25) is 0 Å². The second kappa shape index (κ2) is 5.64. The maximum Gasteiger partial charge on any atom is 0.180 e. The number of nitrogen functional groups attached to an aromatic ring is 1. The number of aromatic nitrogens is 1. The smallest absolute Gasteiger partial charge is 0.180 e. The highest BCUT2D eigenvalue weighted by atomic mass is 32.1. The number of likely N-dealkylation sites (tertiary alicyclic amines) is 1. The Kier molecular flexibility index (Phi) is 4.18. The van der Waals surface area contributed by atoms with E-state index in [0.29, 0.717) is 5.13 Å². The second-order valence-corrected chi connectivity index (χ2v) is 5.56. The first-order chi connectivity index (χ1) is 7.78. The van der Waals surface area contributed by atoms with E-state index < -0.39 is 0 Å². The van der Waals surface area contributed by atoms with Crippen LogP contribution in [-0.4, -0.2) is 29.5 Å². The Bertz CT molecular complexity index is 324. The number of hydrogen-bond donors (Lipinski definition) is 1. The molecule has 3 nitrogen and oxygen atoms in total. The van der Waals surface area contributed by atoms with Gasteiger partial charge in [-0.05, 0) is 25.3 Å². The topological polar surface area (TPSA) is 42.1 Å². The number of rotatable bonds is 5. The molecule has 1 unspecified atom stereocenters. The Morgan fingerprint density at radius 3 is 3.19 bits per heavy atom. The van der Waals surface area contributed by atoms with Crippen LogP contribution >= 0.6 is 11.3 Å². The summed E-state index contributed by atoms with van der Waals surface area (Å²) in [5.74, 6) is 0.936. The van der Waals surface area contributed by atoms with E-state index in [1.807, 2.05) is 0 Å². The molecule has 1 aromatic heterocycles. The zero-order chi connectivity index (χ0) is 11.4. The zero-order valence-corrected chi connectivity index (χ0v) is 10.8. The van der Waals surface area contributed by atoms with Crippen LogP contribution in [0.4, 0.5) is 5.13 Å². The SMILES string of the molecule is CCCC1CCN(CCc2csc(N)n2)C1. The summed E-state index contributed by atoms with van der Waals surface area (Å²) in [4.78, 5) is 6.86. The van der Waals surface area contributed by atoms with Gasteiger partial charge < -0.3 is 10.6 Å². The highest BCUT2D eigenvalue weighted by Crippen LogP contribution is 2.21. The Hall–Kier alpha value is -0.610. The van der Waals surface area contributed by atoms with Gasteiger partial charge in [0.25, 0.3) is 0 Å². The molecule has 1 saturated heterocycles. The van der Waals surface area contributed by atoms with Crippen LogP contribution < -0.4 is 5.73 Å². The van der Waals surface area contributed by atoms with Crippen molar-refractivity contribution in [3.63, 3.8) is 0 Å². The number of anilines is 1. The van der Waals surface area contributed by atoms with Crippen LogP contribution in [0.5, 0.6) is 0 Å². The third-order valence-electron chi connectivity index (χ3n) is 3.32. The van der Waals surface area contributed by atoms with Gasteiger partial charge in [0.15, 0.2) is 5.13 Å². The molecule has 2 rings (SSSR count). The van der Waals surface area contributed by atoms with Crippen LogP contribution in [0.15, 0.2) is 5.38 Å². The van der Waals surface area contributed by atoms with Crippen molar-refractivity contribution < 1.29 is 0 Å². The molecule has 0 amide bonds.